The van der Waals surface area contributed by atoms with E-state index < -0.39 is 0 Å². The minimum atomic E-state index is -0.139. The highest BCUT2D eigenvalue weighted by Gasteiger charge is 2.27. The van der Waals surface area contributed by atoms with Crippen molar-refractivity contribution >= 4 is 23.4 Å². The number of likely N-dealkylation sites (N-methyl/N-ethyl adjacent to an activating group) is 1. The van der Waals surface area contributed by atoms with Gasteiger partial charge in [0.05, 0.1) is 5.69 Å². The Morgan fingerprint density at radius 1 is 1.12 bits per heavy atom. The van der Waals surface area contributed by atoms with Crippen molar-refractivity contribution in [2.75, 3.05) is 44.7 Å². The molecule has 0 saturated carbocycles. The third-order valence-corrected chi connectivity index (χ3v) is 4.79. The van der Waals surface area contributed by atoms with Gasteiger partial charge in [0.1, 0.15) is 5.75 Å². The Balaban J connectivity index is 1.66. The van der Waals surface area contributed by atoms with E-state index in [0.717, 1.165) is 0 Å². The number of amides is 3. The molecule has 3 rings (SSSR count). The number of ether oxygens (including phenoxy) is 1. The molecule has 26 heavy (non-hydrogen) atoms. The van der Waals surface area contributed by atoms with Gasteiger partial charge in [-0.15, -0.1) is 0 Å². The molecule has 1 aromatic rings. The first-order valence-electron chi connectivity index (χ1n) is 8.97. The van der Waals surface area contributed by atoms with E-state index >= 15 is 0 Å². The molecule has 0 aromatic heterocycles. The highest BCUT2D eigenvalue weighted by molar-refractivity contribution is 6.01. The standard InChI is InChI=1S/C19H25N3O4/c1-13(2)10-17(23)21-6-8-22(9-7-21)19(25)14-4-5-16-15(11-14)20(3)18(24)12-26-16/h4-5,11,13H,6-10,12H2,1-3H3. The van der Waals surface area contributed by atoms with E-state index in [9.17, 15) is 14.4 Å². The second kappa shape index (κ2) is 7.35. The Morgan fingerprint density at radius 3 is 2.42 bits per heavy atom. The van der Waals surface area contributed by atoms with Gasteiger partial charge in [-0.2, -0.15) is 0 Å². The first-order chi connectivity index (χ1) is 12.4. The highest BCUT2D eigenvalue weighted by atomic mass is 16.5. The number of hydrogen-bond donors (Lipinski definition) is 0. The van der Waals surface area contributed by atoms with Gasteiger partial charge in [0.2, 0.25) is 5.91 Å². The van der Waals surface area contributed by atoms with Crippen LogP contribution in [0.4, 0.5) is 5.69 Å². The number of hydrogen-bond acceptors (Lipinski definition) is 4. The minimum Gasteiger partial charge on any atom is -0.482 e. The van der Waals surface area contributed by atoms with Crippen LogP contribution in [-0.4, -0.2) is 67.4 Å². The number of piperazine rings is 1. The number of carbonyl (C=O) groups excluding carboxylic acids is 3. The maximum absolute atomic E-state index is 12.8. The molecule has 7 nitrogen and oxygen atoms in total. The second-order valence-electron chi connectivity index (χ2n) is 7.19. The van der Waals surface area contributed by atoms with Gasteiger partial charge in [0.15, 0.2) is 6.61 Å². The molecule has 2 heterocycles. The summed E-state index contributed by atoms with van der Waals surface area (Å²) in [7, 11) is 1.68. The van der Waals surface area contributed by atoms with Crippen molar-refractivity contribution in [2.24, 2.45) is 5.92 Å². The molecule has 0 N–H and O–H groups in total. The van der Waals surface area contributed by atoms with Gasteiger partial charge in [0, 0.05) is 45.2 Å². The molecule has 2 aliphatic heterocycles. The molecule has 0 atom stereocenters. The van der Waals surface area contributed by atoms with Crippen LogP contribution in [0.25, 0.3) is 0 Å². The van der Waals surface area contributed by atoms with Gasteiger partial charge in [-0.05, 0) is 24.1 Å². The lowest BCUT2D eigenvalue weighted by atomic mass is 10.1. The van der Waals surface area contributed by atoms with E-state index in [0.29, 0.717) is 55.5 Å². The lowest BCUT2D eigenvalue weighted by molar-refractivity contribution is -0.133. The SMILES string of the molecule is CC(C)CC(=O)N1CCN(C(=O)c2ccc3c(c2)N(C)C(=O)CO3)CC1. The van der Waals surface area contributed by atoms with Crippen LogP contribution in [0.5, 0.6) is 5.75 Å². The van der Waals surface area contributed by atoms with Crippen LogP contribution < -0.4 is 9.64 Å². The van der Waals surface area contributed by atoms with Crippen molar-refractivity contribution in [1.29, 1.82) is 0 Å². The fourth-order valence-corrected chi connectivity index (χ4v) is 3.23. The molecule has 1 fully saturated rings. The summed E-state index contributed by atoms with van der Waals surface area (Å²) in [4.78, 5) is 41.8. The topological polar surface area (TPSA) is 70.2 Å². The number of fused-ring (bicyclic) bond motifs is 1. The molecule has 140 valence electrons. The first kappa shape index (κ1) is 18.2. The van der Waals surface area contributed by atoms with E-state index in [1.807, 2.05) is 18.7 Å². The molecule has 1 aromatic carbocycles. The smallest absolute Gasteiger partial charge is 0.264 e. The van der Waals surface area contributed by atoms with Gasteiger partial charge in [0.25, 0.3) is 11.8 Å². The maximum atomic E-state index is 12.8. The zero-order valence-electron chi connectivity index (χ0n) is 15.5. The van der Waals surface area contributed by atoms with Crippen molar-refractivity contribution in [3.8, 4) is 5.75 Å². The summed E-state index contributed by atoms with van der Waals surface area (Å²) in [6, 6.07) is 5.15. The van der Waals surface area contributed by atoms with E-state index in [-0.39, 0.29) is 24.3 Å². The summed E-state index contributed by atoms with van der Waals surface area (Å²) in [5.74, 6) is 0.861. The third-order valence-electron chi connectivity index (χ3n) is 4.79. The Labute approximate surface area is 153 Å². The highest BCUT2D eigenvalue weighted by Crippen LogP contribution is 2.32. The van der Waals surface area contributed by atoms with Crippen LogP contribution in [0.2, 0.25) is 0 Å². The number of benzene rings is 1. The average molecular weight is 359 g/mol. The van der Waals surface area contributed by atoms with E-state index in [1.54, 1.807) is 30.1 Å². The first-order valence-corrected chi connectivity index (χ1v) is 8.97. The molecule has 0 unspecified atom stereocenters. The van der Waals surface area contributed by atoms with Crippen molar-refractivity contribution in [3.05, 3.63) is 23.8 Å². The van der Waals surface area contributed by atoms with Crippen molar-refractivity contribution in [1.82, 2.24) is 9.80 Å². The quantitative estimate of drug-likeness (QED) is 0.817. The van der Waals surface area contributed by atoms with Crippen LogP contribution in [-0.2, 0) is 9.59 Å². The summed E-state index contributed by atoms with van der Waals surface area (Å²) in [5.41, 5.74) is 1.13. The summed E-state index contributed by atoms with van der Waals surface area (Å²) >= 11 is 0. The van der Waals surface area contributed by atoms with Gasteiger partial charge >= 0.3 is 0 Å². The number of rotatable bonds is 3. The Kier molecular flexibility index (Phi) is 5.15. The van der Waals surface area contributed by atoms with Crippen LogP contribution >= 0.6 is 0 Å². The molecular weight excluding hydrogens is 334 g/mol. The van der Waals surface area contributed by atoms with Crippen molar-refractivity contribution in [2.45, 2.75) is 20.3 Å². The fourth-order valence-electron chi connectivity index (χ4n) is 3.23. The zero-order valence-corrected chi connectivity index (χ0v) is 15.5. The van der Waals surface area contributed by atoms with E-state index in [4.69, 9.17) is 4.74 Å². The lowest BCUT2D eigenvalue weighted by Gasteiger charge is -2.35. The average Bonchev–Trinajstić information content (AvgIpc) is 2.63. The largest absolute Gasteiger partial charge is 0.482 e. The molecule has 0 radical (unpaired) electrons. The third kappa shape index (κ3) is 3.66. The number of anilines is 1. The van der Waals surface area contributed by atoms with Crippen LogP contribution in [0.3, 0.4) is 0 Å². The van der Waals surface area contributed by atoms with Gasteiger partial charge in [-0.25, -0.2) is 0 Å². The summed E-state index contributed by atoms with van der Waals surface area (Å²) in [6.45, 7) is 6.23. The Hall–Kier alpha value is -2.57. The predicted octanol–water partition coefficient (Wildman–Crippen LogP) is 1.37. The van der Waals surface area contributed by atoms with Crippen molar-refractivity contribution in [3.63, 3.8) is 0 Å². The Morgan fingerprint density at radius 2 is 1.77 bits per heavy atom. The van der Waals surface area contributed by atoms with Gasteiger partial charge in [-0.1, -0.05) is 13.8 Å². The zero-order chi connectivity index (χ0) is 18.8. The molecular formula is C19H25N3O4. The minimum absolute atomic E-state index is 0.0170. The second-order valence-corrected chi connectivity index (χ2v) is 7.19. The number of nitrogens with zero attached hydrogens (tertiary/aromatic N) is 3. The summed E-state index contributed by atoms with van der Waals surface area (Å²) in [5, 5.41) is 0. The summed E-state index contributed by atoms with van der Waals surface area (Å²) in [6.07, 6.45) is 0.541. The normalized spacial score (nSPS) is 17.2. The molecule has 0 spiro atoms. The molecule has 0 aliphatic carbocycles. The molecule has 0 bridgehead atoms. The monoisotopic (exact) mass is 359 g/mol. The van der Waals surface area contributed by atoms with E-state index in [1.165, 1.54) is 4.90 Å². The molecule has 7 heteroatoms. The van der Waals surface area contributed by atoms with Crippen LogP contribution in [0, 0.1) is 5.92 Å². The Bertz CT molecular complexity index is 723. The fraction of sp³-hybridized carbons (Fsp3) is 0.526. The van der Waals surface area contributed by atoms with Gasteiger partial charge in [-0.3, -0.25) is 14.4 Å². The van der Waals surface area contributed by atoms with Gasteiger partial charge < -0.3 is 19.4 Å². The lowest BCUT2D eigenvalue weighted by Crippen LogP contribution is -2.50. The maximum Gasteiger partial charge on any atom is 0.264 e. The molecule has 2 aliphatic rings. The molecule has 1 saturated heterocycles. The van der Waals surface area contributed by atoms with Crippen molar-refractivity contribution < 1.29 is 19.1 Å². The van der Waals surface area contributed by atoms with Crippen LogP contribution in [0.15, 0.2) is 18.2 Å². The van der Waals surface area contributed by atoms with Crippen LogP contribution in [0.1, 0.15) is 30.6 Å². The number of carbonyl (C=O) groups is 3. The molecule has 3 amide bonds. The predicted molar refractivity (Wildman–Crippen MR) is 97.3 cm³/mol. The van der Waals surface area contributed by atoms with E-state index in [2.05, 4.69) is 0 Å². The summed E-state index contributed by atoms with van der Waals surface area (Å²) < 4.78 is 5.40.